The predicted octanol–water partition coefficient (Wildman–Crippen LogP) is 5.09. The summed E-state index contributed by atoms with van der Waals surface area (Å²) in [7, 11) is -3.94. The van der Waals surface area contributed by atoms with Gasteiger partial charge in [0.2, 0.25) is 0 Å². The van der Waals surface area contributed by atoms with Crippen molar-refractivity contribution in [2.45, 2.75) is 51.9 Å². The summed E-state index contributed by atoms with van der Waals surface area (Å²) < 4.78 is 9.71. The molecule has 9 rings (SSSR count). The molecule has 6 aromatic rings. The van der Waals surface area contributed by atoms with Gasteiger partial charge in [-0.1, -0.05) is 138 Å². The fraction of sp³-hybridized carbons (Fsp3) is 0.200. The first-order valence-corrected chi connectivity index (χ1v) is 22.6. The molecule has 0 spiro atoms. The van der Waals surface area contributed by atoms with E-state index in [0.717, 1.165) is 24.3 Å². The highest BCUT2D eigenvalue weighted by Crippen LogP contribution is 2.39. The van der Waals surface area contributed by atoms with Gasteiger partial charge in [-0.25, -0.2) is 0 Å². The number of rotatable bonds is 3. The number of aromatic nitrogens is 1. The summed E-state index contributed by atoms with van der Waals surface area (Å²) in [5, 5.41) is 7.48. The second-order valence-electron chi connectivity index (χ2n) is 14.5. The van der Waals surface area contributed by atoms with E-state index in [4.69, 9.17) is 4.74 Å². The SMILES string of the molecule is C[Si](C)(C)c1ccc2c(c1)[Si](C)(c1ccccc1)c1ccc(-n3c4c(c5ccccc53)CCCC4)c3c1B2c1ccccc1O3. The lowest BCUT2D eigenvalue weighted by Crippen LogP contribution is -2.82. The number of ether oxygens (including phenoxy) is 1. The van der Waals surface area contributed by atoms with Gasteiger partial charge < -0.3 is 9.30 Å². The van der Waals surface area contributed by atoms with Crippen LogP contribution in [0.4, 0.5) is 0 Å². The number of para-hydroxylation sites is 2. The van der Waals surface area contributed by atoms with Gasteiger partial charge in [0.15, 0.2) is 0 Å². The lowest BCUT2D eigenvalue weighted by molar-refractivity contribution is 0.484. The van der Waals surface area contributed by atoms with Gasteiger partial charge in [-0.3, -0.25) is 0 Å². The fourth-order valence-corrected chi connectivity index (χ4v) is 14.2. The molecule has 2 aliphatic heterocycles. The molecular formula is C40H38BNOSi2. The van der Waals surface area contributed by atoms with E-state index in [-0.39, 0.29) is 6.71 Å². The number of nitrogens with zero attached hydrogens (tertiary/aromatic N) is 1. The second-order valence-corrected chi connectivity index (χ2v) is 23.5. The molecule has 0 saturated heterocycles. The van der Waals surface area contributed by atoms with Gasteiger partial charge in [0.1, 0.15) is 19.6 Å². The summed E-state index contributed by atoms with van der Waals surface area (Å²) in [6, 6.07) is 41.7. The van der Waals surface area contributed by atoms with Gasteiger partial charge in [0, 0.05) is 11.1 Å². The molecule has 0 N–H and O–H groups in total. The quantitative estimate of drug-likeness (QED) is 0.253. The Morgan fingerprint density at radius 3 is 2.33 bits per heavy atom. The Morgan fingerprint density at radius 2 is 1.49 bits per heavy atom. The smallest absolute Gasteiger partial charge is 0.250 e. The summed E-state index contributed by atoms with van der Waals surface area (Å²) in [6.45, 7) is 10.2. The summed E-state index contributed by atoms with van der Waals surface area (Å²) in [4.78, 5) is 0. The molecule has 0 fully saturated rings. The van der Waals surface area contributed by atoms with E-state index in [9.17, 15) is 0 Å². The third-order valence-corrected chi connectivity index (χ3v) is 17.5. The molecule has 0 bridgehead atoms. The zero-order valence-electron chi connectivity index (χ0n) is 26.7. The van der Waals surface area contributed by atoms with E-state index in [1.807, 2.05) is 0 Å². The van der Waals surface area contributed by atoms with Crippen LogP contribution in [0.15, 0.2) is 109 Å². The maximum Gasteiger partial charge on any atom is 0.250 e. The molecule has 2 nitrogen and oxygen atoms in total. The molecule has 5 aromatic carbocycles. The van der Waals surface area contributed by atoms with E-state index < -0.39 is 16.1 Å². The standard InChI is InChI=1S/C40H38BNOSi2/c1-44(2,3)28-22-23-32-38(26-28)45(4,27-14-6-5-7-15-27)37-25-24-35(40-39(37)41(32)31-18-10-13-21-36(31)43-40)42-33-19-11-8-16-29(33)30-17-9-12-20-34(30)42/h5-8,10-11,13-16,18-19,21-26H,9,12,17,20H2,1-4H3. The number of hydrogen-bond donors (Lipinski definition) is 0. The Morgan fingerprint density at radius 1 is 0.733 bits per heavy atom. The maximum atomic E-state index is 7.15. The van der Waals surface area contributed by atoms with Crippen molar-refractivity contribution in [3.63, 3.8) is 0 Å². The topological polar surface area (TPSA) is 14.2 Å². The van der Waals surface area contributed by atoms with Gasteiger partial charge in [0.25, 0.3) is 6.71 Å². The summed E-state index contributed by atoms with van der Waals surface area (Å²) in [5.74, 6) is 2.05. The molecule has 3 aliphatic rings. The van der Waals surface area contributed by atoms with Crippen molar-refractivity contribution in [1.29, 1.82) is 0 Å². The average molecular weight is 616 g/mol. The third kappa shape index (κ3) is 3.80. The predicted molar refractivity (Wildman–Crippen MR) is 197 cm³/mol. The van der Waals surface area contributed by atoms with Crippen molar-refractivity contribution in [2.75, 3.05) is 0 Å². The number of hydrogen-bond acceptors (Lipinski definition) is 1. The molecule has 1 unspecified atom stereocenters. The summed E-state index contributed by atoms with van der Waals surface area (Å²) in [6.07, 6.45) is 4.77. The molecule has 220 valence electrons. The van der Waals surface area contributed by atoms with Crippen molar-refractivity contribution >= 4 is 70.9 Å². The van der Waals surface area contributed by atoms with Crippen LogP contribution in [0.2, 0.25) is 26.2 Å². The lowest BCUT2D eigenvalue weighted by atomic mass is 9.35. The van der Waals surface area contributed by atoms with Crippen LogP contribution in [-0.4, -0.2) is 27.4 Å². The van der Waals surface area contributed by atoms with Crippen LogP contribution >= 0.6 is 0 Å². The van der Waals surface area contributed by atoms with Crippen LogP contribution in [-0.2, 0) is 12.8 Å². The zero-order valence-corrected chi connectivity index (χ0v) is 28.7. The highest BCUT2D eigenvalue weighted by molar-refractivity contribution is 7.20. The van der Waals surface area contributed by atoms with E-state index in [1.54, 1.807) is 10.4 Å². The lowest BCUT2D eigenvalue weighted by Gasteiger charge is -2.43. The van der Waals surface area contributed by atoms with Crippen molar-refractivity contribution < 1.29 is 4.74 Å². The van der Waals surface area contributed by atoms with Crippen molar-refractivity contribution in [3.05, 3.63) is 120 Å². The average Bonchev–Trinajstić information content (AvgIpc) is 3.40. The maximum absolute atomic E-state index is 7.15. The number of fused-ring (bicyclic) bond motifs is 7. The normalized spacial score (nSPS) is 18.1. The molecule has 0 amide bonds. The van der Waals surface area contributed by atoms with Gasteiger partial charge >= 0.3 is 0 Å². The second kappa shape index (κ2) is 9.72. The van der Waals surface area contributed by atoms with Crippen LogP contribution in [0.1, 0.15) is 24.1 Å². The zero-order chi connectivity index (χ0) is 30.5. The van der Waals surface area contributed by atoms with E-state index >= 15 is 0 Å². The minimum absolute atomic E-state index is 0.146. The Hall–Kier alpha value is -4.06. The molecule has 1 aromatic heterocycles. The first-order valence-electron chi connectivity index (χ1n) is 16.6. The van der Waals surface area contributed by atoms with E-state index in [1.165, 1.54) is 67.5 Å². The Bertz CT molecular complexity index is 2160. The molecule has 1 aliphatic carbocycles. The minimum Gasteiger partial charge on any atom is -0.456 e. The molecule has 5 heteroatoms. The van der Waals surface area contributed by atoms with Crippen LogP contribution in [0.25, 0.3) is 16.6 Å². The monoisotopic (exact) mass is 615 g/mol. The first-order chi connectivity index (χ1) is 21.9. The Kier molecular flexibility index (Phi) is 5.89. The third-order valence-electron chi connectivity index (χ3n) is 11.0. The fourth-order valence-electron chi connectivity index (χ4n) is 8.70. The van der Waals surface area contributed by atoms with Crippen molar-refractivity contribution in [2.24, 2.45) is 0 Å². The number of benzene rings is 5. The highest BCUT2D eigenvalue weighted by Gasteiger charge is 2.50. The van der Waals surface area contributed by atoms with Crippen LogP contribution in [0.5, 0.6) is 11.5 Å². The Labute approximate surface area is 268 Å². The molecule has 1 atom stereocenters. The Balaban J connectivity index is 1.41. The minimum atomic E-state index is -2.40. The number of aryl methyl sites for hydroxylation is 1. The highest BCUT2D eigenvalue weighted by atomic mass is 28.3. The van der Waals surface area contributed by atoms with Gasteiger partial charge in [0.05, 0.1) is 19.3 Å². The summed E-state index contributed by atoms with van der Waals surface area (Å²) in [5.41, 5.74) is 9.64. The van der Waals surface area contributed by atoms with Crippen LogP contribution < -0.4 is 41.9 Å². The van der Waals surface area contributed by atoms with Gasteiger partial charge in [-0.15, -0.1) is 0 Å². The molecule has 3 heterocycles. The van der Waals surface area contributed by atoms with E-state index in [2.05, 4.69) is 140 Å². The largest absolute Gasteiger partial charge is 0.456 e. The van der Waals surface area contributed by atoms with E-state index in [0.29, 0.717) is 0 Å². The van der Waals surface area contributed by atoms with Gasteiger partial charge in [-0.05, 0) is 65.6 Å². The first kappa shape index (κ1) is 27.3. The van der Waals surface area contributed by atoms with Gasteiger partial charge in [-0.2, -0.15) is 0 Å². The molecule has 0 saturated carbocycles. The summed E-state index contributed by atoms with van der Waals surface area (Å²) >= 11 is 0. The molecular weight excluding hydrogens is 577 g/mol. The van der Waals surface area contributed by atoms with Crippen molar-refractivity contribution in [3.8, 4) is 17.2 Å². The van der Waals surface area contributed by atoms with Crippen LogP contribution in [0.3, 0.4) is 0 Å². The molecule has 0 radical (unpaired) electrons. The van der Waals surface area contributed by atoms with Crippen LogP contribution in [0, 0.1) is 0 Å². The van der Waals surface area contributed by atoms with Crippen molar-refractivity contribution in [1.82, 2.24) is 4.57 Å². The molecule has 45 heavy (non-hydrogen) atoms.